The molecule has 9 nitrogen and oxygen atoms in total. The molecule has 3 aliphatic rings. The lowest BCUT2D eigenvalue weighted by molar-refractivity contribution is -0.223. The van der Waals surface area contributed by atoms with Crippen LogP contribution in [0.1, 0.15) is 82.9 Å². The van der Waals surface area contributed by atoms with Crippen molar-refractivity contribution in [1.29, 1.82) is 0 Å². The number of alkyl halides is 3. The molecule has 1 aromatic heterocycles. The smallest absolute Gasteiger partial charge is 0.402 e. The van der Waals surface area contributed by atoms with Crippen LogP contribution in [-0.2, 0) is 22.7 Å². The van der Waals surface area contributed by atoms with Crippen molar-refractivity contribution in [3.8, 4) is 0 Å². The lowest BCUT2D eigenvalue weighted by Crippen LogP contribution is -2.66. The number of carbonyl (C=O) groups excluding carboxylic acids is 2. The van der Waals surface area contributed by atoms with Gasteiger partial charge in [0.25, 0.3) is 5.91 Å². The fourth-order valence-electron chi connectivity index (χ4n) is 7.56. The molecule has 0 unspecified atom stereocenters. The molecule has 2 amide bonds. The molecule has 0 radical (unpaired) electrons. The minimum Gasteiger partial charge on any atom is -0.478 e. The van der Waals surface area contributed by atoms with Crippen LogP contribution in [0.4, 0.5) is 17.6 Å². The van der Waals surface area contributed by atoms with Gasteiger partial charge in [0.2, 0.25) is 5.91 Å². The number of amides is 2. The topological polar surface area (TPSA) is 105 Å². The van der Waals surface area contributed by atoms with Crippen LogP contribution in [-0.4, -0.2) is 81.4 Å². The van der Waals surface area contributed by atoms with E-state index in [2.05, 4.69) is 5.10 Å². The number of nitrogens with zero attached hydrogens (tertiary/aromatic N) is 4. The van der Waals surface area contributed by atoms with E-state index in [9.17, 15) is 37.1 Å². The summed E-state index contributed by atoms with van der Waals surface area (Å²) in [6.07, 6.45) is 2.28. The van der Waals surface area contributed by atoms with Gasteiger partial charge in [-0.25, -0.2) is 9.18 Å². The van der Waals surface area contributed by atoms with Gasteiger partial charge in [-0.2, -0.15) is 18.3 Å². The molecule has 3 heterocycles. The number of aromatic carboxylic acids is 1. The van der Waals surface area contributed by atoms with Crippen LogP contribution in [0.3, 0.4) is 0 Å². The number of hydrogen-bond acceptors (Lipinski definition) is 5. The number of rotatable bonds is 10. The first-order valence-electron chi connectivity index (χ1n) is 16.5. The fraction of sp³-hybridized carbons (Fsp3) is 0.500. The second-order valence-corrected chi connectivity index (χ2v) is 14.3. The maximum absolute atomic E-state index is 13.7. The standard InChI is InChI=1S/C36H40F4N4O5/c1-34(2,36(38,39)40)33(48)43-21-35(22-43)20-42(31(45)26-14-41-44(16-26)15-23-10-12-28(37)13-11-23)17-27(35)19-49-18-25-8-5-9-29(30(25)32(46)47)24-6-3-4-7-24/h5,8-14,16,24,27H,3-4,6-7,15,17-22H2,1-2H3,(H,46,47)/t27-/m0/s1. The Balaban J connectivity index is 1.18. The van der Waals surface area contributed by atoms with Gasteiger partial charge in [-0.05, 0) is 61.4 Å². The van der Waals surface area contributed by atoms with E-state index in [1.807, 2.05) is 12.1 Å². The third-order valence-electron chi connectivity index (χ3n) is 10.5. The van der Waals surface area contributed by atoms with E-state index in [0.29, 0.717) is 17.7 Å². The van der Waals surface area contributed by atoms with Gasteiger partial charge in [-0.3, -0.25) is 14.3 Å². The lowest BCUT2D eigenvalue weighted by atomic mass is 9.70. The number of carboxylic acids is 1. The zero-order valence-corrected chi connectivity index (χ0v) is 27.5. The van der Waals surface area contributed by atoms with Gasteiger partial charge >= 0.3 is 12.1 Å². The largest absolute Gasteiger partial charge is 0.478 e. The van der Waals surface area contributed by atoms with Gasteiger partial charge in [0.15, 0.2) is 0 Å². The molecule has 1 saturated carbocycles. The van der Waals surface area contributed by atoms with E-state index >= 15 is 0 Å². The summed E-state index contributed by atoms with van der Waals surface area (Å²) >= 11 is 0. The van der Waals surface area contributed by atoms with Crippen molar-refractivity contribution >= 4 is 17.8 Å². The average Bonchev–Trinajstić information content (AvgIpc) is 3.81. The van der Waals surface area contributed by atoms with E-state index in [1.54, 1.807) is 34.0 Å². The Kier molecular flexibility index (Phi) is 9.33. The zero-order chi connectivity index (χ0) is 35.1. The number of carbonyl (C=O) groups is 3. The summed E-state index contributed by atoms with van der Waals surface area (Å²) in [5.41, 5.74) is -0.548. The Morgan fingerprint density at radius 3 is 2.33 bits per heavy atom. The van der Waals surface area contributed by atoms with Gasteiger partial charge in [0, 0.05) is 43.7 Å². The number of ether oxygens (including phenoxy) is 1. The van der Waals surface area contributed by atoms with Crippen molar-refractivity contribution in [2.24, 2.45) is 16.7 Å². The molecule has 3 fully saturated rings. The number of likely N-dealkylation sites (tertiary alicyclic amines) is 2. The summed E-state index contributed by atoms with van der Waals surface area (Å²) < 4.78 is 62.2. The Labute approximate surface area is 281 Å². The highest BCUT2D eigenvalue weighted by molar-refractivity contribution is 5.94. The predicted molar refractivity (Wildman–Crippen MR) is 170 cm³/mol. The fourth-order valence-corrected chi connectivity index (χ4v) is 7.56. The van der Waals surface area contributed by atoms with Crippen LogP contribution < -0.4 is 0 Å². The minimum atomic E-state index is -4.73. The van der Waals surface area contributed by atoms with Gasteiger partial charge in [0.1, 0.15) is 11.2 Å². The Morgan fingerprint density at radius 1 is 1.00 bits per heavy atom. The molecular formula is C36H40F4N4O5. The maximum Gasteiger partial charge on any atom is 0.402 e. The summed E-state index contributed by atoms with van der Waals surface area (Å²) in [7, 11) is 0. The molecule has 1 aliphatic carbocycles. The monoisotopic (exact) mass is 684 g/mol. The van der Waals surface area contributed by atoms with Crippen molar-refractivity contribution < 1.29 is 41.8 Å². The van der Waals surface area contributed by atoms with Crippen LogP contribution in [0.15, 0.2) is 54.9 Å². The number of benzene rings is 2. The zero-order valence-electron chi connectivity index (χ0n) is 27.5. The molecular weight excluding hydrogens is 644 g/mol. The Bertz CT molecular complexity index is 1710. The molecule has 1 spiro atoms. The molecule has 1 N–H and O–H groups in total. The maximum atomic E-state index is 13.7. The number of aromatic nitrogens is 2. The van der Waals surface area contributed by atoms with Crippen LogP contribution >= 0.6 is 0 Å². The molecule has 2 saturated heterocycles. The molecule has 262 valence electrons. The van der Waals surface area contributed by atoms with Gasteiger partial charge in [0.05, 0.1) is 37.1 Å². The van der Waals surface area contributed by atoms with E-state index in [-0.39, 0.29) is 68.5 Å². The van der Waals surface area contributed by atoms with Crippen LogP contribution in [0, 0.1) is 22.6 Å². The second kappa shape index (κ2) is 13.2. The van der Waals surface area contributed by atoms with Crippen LogP contribution in [0.25, 0.3) is 0 Å². The highest BCUT2D eigenvalue weighted by Crippen LogP contribution is 2.48. The quantitative estimate of drug-likeness (QED) is 0.258. The third-order valence-corrected chi connectivity index (χ3v) is 10.5. The van der Waals surface area contributed by atoms with Crippen molar-refractivity contribution in [2.75, 3.05) is 32.8 Å². The molecule has 6 rings (SSSR count). The van der Waals surface area contributed by atoms with E-state index in [1.165, 1.54) is 23.2 Å². The summed E-state index contributed by atoms with van der Waals surface area (Å²) in [4.78, 5) is 41.9. The molecule has 2 aromatic carbocycles. The highest BCUT2D eigenvalue weighted by Gasteiger charge is 2.61. The number of carboxylic acid groups (broad SMARTS) is 1. The predicted octanol–water partition coefficient (Wildman–Crippen LogP) is 6.13. The Hall–Kier alpha value is -4.26. The van der Waals surface area contributed by atoms with E-state index in [4.69, 9.17) is 4.74 Å². The Morgan fingerprint density at radius 2 is 1.67 bits per heavy atom. The highest BCUT2D eigenvalue weighted by atomic mass is 19.4. The van der Waals surface area contributed by atoms with Gasteiger partial charge < -0.3 is 19.6 Å². The summed E-state index contributed by atoms with van der Waals surface area (Å²) in [6.45, 7) is 2.70. The van der Waals surface area contributed by atoms with Crippen molar-refractivity contribution in [3.05, 3.63) is 88.5 Å². The first-order valence-corrected chi connectivity index (χ1v) is 16.5. The molecule has 49 heavy (non-hydrogen) atoms. The van der Waals surface area contributed by atoms with E-state index in [0.717, 1.165) is 50.7 Å². The molecule has 2 aliphatic heterocycles. The molecule has 13 heteroatoms. The molecule has 3 aromatic rings. The van der Waals surface area contributed by atoms with Gasteiger partial charge in [-0.1, -0.05) is 43.2 Å². The van der Waals surface area contributed by atoms with Crippen molar-refractivity contribution in [3.63, 3.8) is 0 Å². The second-order valence-electron chi connectivity index (χ2n) is 14.3. The first-order chi connectivity index (χ1) is 23.2. The summed E-state index contributed by atoms with van der Waals surface area (Å²) in [5.74, 6) is -2.86. The van der Waals surface area contributed by atoms with Crippen LogP contribution in [0.5, 0.6) is 0 Å². The number of halogens is 4. The first kappa shape index (κ1) is 34.6. The normalized spacial score (nSPS) is 19.4. The summed E-state index contributed by atoms with van der Waals surface area (Å²) in [5, 5.41) is 14.4. The van der Waals surface area contributed by atoms with Gasteiger partial charge in [-0.15, -0.1) is 0 Å². The molecule has 1 atom stereocenters. The summed E-state index contributed by atoms with van der Waals surface area (Å²) in [6, 6.07) is 11.4. The van der Waals surface area contributed by atoms with Crippen LogP contribution in [0.2, 0.25) is 0 Å². The lowest BCUT2D eigenvalue weighted by Gasteiger charge is -2.52. The average molecular weight is 685 g/mol. The minimum absolute atomic E-state index is 0.0165. The third kappa shape index (κ3) is 6.82. The van der Waals surface area contributed by atoms with Crippen molar-refractivity contribution in [1.82, 2.24) is 19.6 Å². The number of hydrogen-bond donors (Lipinski definition) is 1. The van der Waals surface area contributed by atoms with Crippen molar-refractivity contribution in [2.45, 2.75) is 64.8 Å². The SMILES string of the molecule is CC(C)(C(=O)N1CC2(CN(C(=O)c3cnn(Cc4ccc(F)cc4)c3)C[C@H]2COCc2cccc(C3CCCC3)c2C(=O)O)C1)C(F)(F)F. The van der Waals surface area contributed by atoms with E-state index < -0.39 is 28.9 Å². The molecule has 0 bridgehead atoms.